The van der Waals surface area contributed by atoms with Crippen molar-refractivity contribution in [1.82, 2.24) is 10.2 Å². The molecular formula is C17H19F3N2O4. The first kappa shape index (κ1) is 19.8. The Morgan fingerprint density at radius 3 is 2.54 bits per heavy atom. The molecule has 0 aliphatic heterocycles. The lowest BCUT2D eigenvalue weighted by Crippen LogP contribution is -2.35. The van der Waals surface area contributed by atoms with Gasteiger partial charge in [-0.3, -0.25) is 9.63 Å². The first-order valence-electron chi connectivity index (χ1n) is 7.77. The maximum Gasteiger partial charge on any atom is 0.417 e. The van der Waals surface area contributed by atoms with Gasteiger partial charge in [-0.1, -0.05) is 18.2 Å². The van der Waals surface area contributed by atoms with E-state index in [1.807, 2.05) is 0 Å². The molecule has 0 spiro atoms. The summed E-state index contributed by atoms with van der Waals surface area (Å²) in [6, 6.07) is 6.28. The molecule has 0 saturated carbocycles. The Balaban J connectivity index is 2.02. The molecule has 0 saturated heterocycles. The minimum atomic E-state index is -4.51. The highest BCUT2D eigenvalue weighted by atomic mass is 19.4. The molecule has 0 radical (unpaired) electrons. The molecule has 0 unspecified atom stereocenters. The monoisotopic (exact) mass is 372 g/mol. The SMILES string of the molecule is CC(C)(C)ON(C=O)CCOc1cc(-c2ccccc2C(F)(F)F)on1. The number of hydrogen-bond acceptors (Lipinski definition) is 5. The van der Waals surface area contributed by atoms with Crippen LogP contribution < -0.4 is 4.74 Å². The summed E-state index contributed by atoms with van der Waals surface area (Å²) in [5.41, 5.74) is -1.51. The zero-order valence-electron chi connectivity index (χ0n) is 14.5. The van der Waals surface area contributed by atoms with Crippen LogP contribution in [0, 0.1) is 0 Å². The Morgan fingerprint density at radius 2 is 1.92 bits per heavy atom. The van der Waals surface area contributed by atoms with E-state index in [1.54, 1.807) is 20.8 Å². The molecule has 1 amide bonds. The van der Waals surface area contributed by atoms with Gasteiger partial charge in [0.1, 0.15) is 6.61 Å². The molecule has 0 bridgehead atoms. The van der Waals surface area contributed by atoms with E-state index in [0.29, 0.717) is 6.41 Å². The fourth-order valence-corrected chi connectivity index (χ4v) is 2.11. The molecular weight excluding hydrogens is 353 g/mol. The van der Waals surface area contributed by atoms with Gasteiger partial charge >= 0.3 is 6.18 Å². The van der Waals surface area contributed by atoms with Crippen LogP contribution in [0.5, 0.6) is 5.88 Å². The summed E-state index contributed by atoms with van der Waals surface area (Å²) < 4.78 is 49.5. The number of nitrogens with zero attached hydrogens (tertiary/aromatic N) is 2. The van der Waals surface area contributed by atoms with Crippen molar-refractivity contribution in [3.05, 3.63) is 35.9 Å². The molecule has 9 heteroatoms. The number of carbonyl (C=O) groups excluding carboxylic acids is 1. The third-order valence-electron chi connectivity index (χ3n) is 3.06. The molecule has 0 fully saturated rings. The van der Waals surface area contributed by atoms with Gasteiger partial charge in [-0.2, -0.15) is 13.2 Å². The third-order valence-corrected chi connectivity index (χ3v) is 3.06. The van der Waals surface area contributed by atoms with Crippen LogP contribution in [0.2, 0.25) is 0 Å². The lowest BCUT2D eigenvalue weighted by atomic mass is 10.1. The van der Waals surface area contributed by atoms with E-state index in [0.717, 1.165) is 11.1 Å². The van der Waals surface area contributed by atoms with Crippen LogP contribution in [0.1, 0.15) is 26.3 Å². The number of carbonyl (C=O) groups is 1. The fourth-order valence-electron chi connectivity index (χ4n) is 2.11. The minimum absolute atomic E-state index is 0.0126. The van der Waals surface area contributed by atoms with Crippen LogP contribution in [0.4, 0.5) is 13.2 Å². The Bertz CT molecular complexity index is 738. The van der Waals surface area contributed by atoms with Crippen LogP contribution in [-0.2, 0) is 15.8 Å². The van der Waals surface area contributed by atoms with Gasteiger partial charge in [0.25, 0.3) is 5.88 Å². The van der Waals surface area contributed by atoms with Gasteiger partial charge in [-0.15, -0.1) is 0 Å². The number of rotatable bonds is 7. The van der Waals surface area contributed by atoms with E-state index in [9.17, 15) is 18.0 Å². The molecule has 1 aromatic heterocycles. The molecule has 2 aromatic rings. The Kier molecular flexibility index (Phi) is 5.91. The summed E-state index contributed by atoms with van der Waals surface area (Å²) in [5, 5.41) is 4.67. The summed E-state index contributed by atoms with van der Waals surface area (Å²) in [7, 11) is 0. The minimum Gasteiger partial charge on any atom is -0.474 e. The molecule has 1 aromatic carbocycles. The quantitative estimate of drug-likeness (QED) is 0.544. The van der Waals surface area contributed by atoms with Crippen molar-refractivity contribution in [2.24, 2.45) is 0 Å². The van der Waals surface area contributed by atoms with Gasteiger partial charge in [0.05, 0.1) is 17.7 Å². The molecule has 0 N–H and O–H groups in total. The molecule has 0 atom stereocenters. The predicted octanol–water partition coefficient (Wildman–Crippen LogP) is 3.93. The molecule has 142 valence electrons. The van der Waals surface area contributed by atoms with E-state index in [1.165, 1.54) is 24.3 Å². The lowest BCUT2D eigenvalue weighted by molar-refractivity contribution is -0.217. The Labute approximate surface area is 148 Å². The molecule has 1 heterocycles. The molecule has 6 nitrogen and oxygen atoms in total. The van der Waals surface area contributed by atoms with E-state index in [-0.39, 0.29) is 30.4 Å². The highest BCUT2D eigenvalue weighted by molar-refractivity contribution is 5.63. The summed E-state index contributed by atoms with van der Waals surface area (Å²) in [5.74, 6) is -0.0512. The third kappa shape index (κ3) is 5.48. The first-order valence-corrected chi connectivity index (χ1v) is 7.77. The van der Waals surface area contributed by atoms with Crippen molar-refractivity contribution in [2.75, 3.05) is 13.2 Å². The zero-order valence-corrected chi connectivity index (χ0v) is 14.5. The van der Waals surface area contributed by atoms with Crippen LogP contribution in [0.3, 0.4) is 0 Å². The highest BCUT2D eigenvalue weighted by Crippen LogP contribution is 2.37. The first-order chi connectivity index (χ1) is 12.1. The molecule has 26 heavy (non-hydrogen) atoms. The topological polar surface area (TPSA) is 64.8 Å². The lowest BCUT2D eigenvalue weighted by Gasteiger charge is -2.26. The number of alkyl halides is 3. The number of benzene rings is 1. The van der Waals surface area contributed by atoms with Crippen molar-refractivity contribution < 1.29 is 32.1 Å². The number of hydroxylamine groups is 2. The number of aromatic nitrogens is 1. The van der Waals surface area contributed by atoms with Crippen molar-refractivity contribution >= 4 is 6.41 Å². The van der Waals surface area contributed by atoms with Crippen molar-refractivity contribution in [3.8, 4) is 17.2 Å². The van der Waals surface area contributed by atoms with Crippen molar-refractivity contribution in [1.29, 1.82) is 0 Å². The number of amides is 1. The van der Waals surface area contributed by atoms with Gasteiger partial charge < -0.3 is 9.26 Å². The summed E-state index contributed by atoms with van der Waals surface area (Å²) in [6.07, 6.45) is -4.00. The van der Waals surface area contributed by atoms with Gasteiger partial charge in [0.15, 0.2) is 5.76 Å². The number of hydrogen-bond donors (Lipinski definition) is 0. The summed E-state index contributed by atoms with van der Waals surface area (Å²) >= 11 is 0. The van der Waals surface area contributed by atoms with Gasteiger partial charge in [0.2, 0.25) is 6.41 Å². The smallest absolute Gasteiger partial charge is 0.417 e. The van der Waals surface area contributed by atoms with Gasteiger partial charge in [0, 0.05) is 11.6 Å². The van der Waals surface area contributed by atoms with E-state index < -0.39 is 17.3 Å². The Morgan fingerprint density at radius 1 is 1.23 bits per heavy atom. The van der Waals surface area contributed by atoms with Crippen LogP contribution in [0.15, 0.2) is 34.9 Å². The number of ether oxygens (including phenoxy) is 1. The number of halogens is 3. The second-order valence-corrected chi connectivity index (χ2v) is 6.37. The Hall–Kier alpha value is -2.55. The second-order valence-electron chi connectivity index (χ2n) is 6.37. The molecule has 0 aliphatic carbocycles. The highest BCUT2D eigenvalue weighted by Gasteiger charge is 2.34. The van der Waals surface area contributed by atoms with Gasteiger partial charge in [-0.05, 0) is 32.0 Å². The normalized spacial score (nSPS) is 12.1. The molecule has 2 rings (SSSR count). The van der Waals surface area contributed by atoms with Crippen LogP contribution in [0.25, 0.3) is 11.3 Å². The van der Waals surface area contributed by atoms with Crippen molar-refractivity contribution in [3.63, 3.8) is 0 Å². The average Bonchev–Trinajstić information content (AvgIpc) is 3.00. The predicted molar refractivity (Wildman–Crippen MR) is 86.0 cm³/mol. The fraction of sp³-hybridized carbons (Fsp3) is 0.412. The van der Waals surface area contributed by atoms with Gasteiger partial charge in [-0.25, -0.2) is 5.06 Å². The summed E-state index contributed by atoms with van der Waals surface area (Å²) in [6.45, 7) is 5.49. The second kappa shape index (κ2) is 7.77. The largest absolute Gasteiger partial charge is 0.474 e. The van der Waals surface area contributed by atoms with Crippen molar-refractivity contribution in [2.45, 2.75) is 32.5 Å². The van der Waals surface area contributed by atoms with Crippen LogP contribution >= 0.6 is 0 Å². The zero-order chi connectivity index (χ0) is 19.4. The standard InChI is InChI=1S/C17H19F3N2O4/c1-16(2,3)26-22(11-23)8-9-24-15-10-14(25-21-15)12-6-4-5-7-13(12)17(18,19)20/h4-7,10-11H,8-9H2,1-3H3. The molecule has 0 aliphatic rings. The van der Waals surface area contributed by atoms with Crippen LogP contribution in [-0.4, -0.2) is 35.4 Å². The average molecular weight is 372 g/mol. The van der Waals surface area contributed by atoms with E-state index in [4.69, 9.17) is 14.1 Å². The maximum absolute atomic E-state index is 13.1. The van der Waals surface area contributed by atoms with E-state index in [2.05, 4.69) is 5.16 Å². The maximum atomic E-state index is 13.1. The summed E-state index contributed by atoms with van der Waals surface area (Å²) in [4.78, 5) is 16.3. The van der Waals surface area contributed by atoms with E-state index >= 15 is 0 Å².